The van der Waals surface area contributed by atoms with Crippen molar-refractivity contribution < 1.29 is 14.5 Å². The molecule has 2 aromatic carbocycles. The van der Waals surface area contributed by atoms with E-state index in [0.717, 1.165) is 5.56 Å². The summed E-state index contributed by atoms with van der Waals surface area (Å²) in [5, 5.41) is 10.6. The van der Waals surface area contributed by atoms with Gasteiger partial charge >= 0.3 is 0 Å². The van der Waals surface area contributed by atoms with Gasteiger partial charge in [-0.1, -0.05) is 36.4 Å². The summed E-state index contributed by atoms with van der Waals surface area (Å²) in [6.45, 7) is -0.101. The minimum atomic E-state index is -0.501. The van der Waals surface area contributed by atoms with E-state index in [0.29, 0.717) is 5.75 Å². The lowest BCUT2D eigenvalue weighted by Crippen LogP contribution is -2.13. The van der Waals surface area contributed by atoms with Gasteiger partial charge < -0.3 is 4.74 Å². The quantitative estimate of drug-likeness (QED) is 0.598. The first-order chi connectivity index (χ1) is 9.65. The van der Waals surface area contributed by atoms with Gasteiger partial charge in [0.1, 0.15) is 12.4 Å². The molecule has 0 radical (unpaired) electrons. The number of nitro groups is 1. The van der Waals surface area contributed by atoms with Gasteiger partial charge in [0, 0.05) is 12.5 Å². The van der Waals surface area contributed by atoms with Crippen molar-refractivity contribution in [3.8, 4) is 5.75 Å². The number of non-ortho nitro benzene ring substituents is 1. The molecule has 2 rings (SSSR count). The maximum atomic E-state index is 11.7. The lowest BCUT2D eigenvalue weighted by molar-refractivity contribution is -0.384. The molecule has 0 unspecified atom stereocenters. The Kier molecular flexibility index (Phi) is 4.44. The third-order valence-electron chi connectivity index (χ3n) is 2.67. The summed E-state index contributed by atoms with van der Waals surface area (Å²) in [7, 11) is 0. The van der Waals surface area contributed by atoms with Crippen molar-refractivity contribution in [2.75, 3.05) is 6.61 Å². The first kappa shape index (κ1) is 13.7. The van der Waals surface area contributed by atoms with Gasteiger partial charge in [-0.3, -0.25) is 14.9 Å². The Morgan fingerprint density at radius 1 is 1.10 bits per heavy atom. The van der Waals surface area contributed by atoms with Gasteiger partial charge in [0.2, 0.25) is 0 Å². The molecule has 2 aromatic rings. The SMILES string of the molecule is O=C(COc1cccc([N+](=O)[O-])c1)Cc1ccccc1. The number of ketones is 1. The monoisotopic (exact) mass is 271 g/mol. The van der Waals surface area contributed by atoms with Crippen LogP contribution in [0.2, 0.25) is 0 Å². The molecular weight excluding hydrogens is 258 g/mol. The van der Waals surface area contributed by atoms with Crippen LogP contribution >= 0.6 is 0 Å². The van der Waals surface area contributed by atoms with Gasteiger partial charge in [-0.15, -0.1) is 0 Å². The summed E-state index contributed by atoms with van der Waals surface area (Å²) in [6.07, 6.45) is 0.287. The lowest BCUT2D eigenvalue weighted by Gasteiger charge is -2.05. The fraction of sp³-hybridized carbons (Fsp3) is 0.133. The zero-order chi connectivity index (χ0) is 14.4. The van der Waals surface area contributed by atoms with Crippen LogP contribution in [0.3, 0.4) is 0 Å². The molecule has 0 fully saturated rings. The average Bonchev–Trinajstić information content (AvgIpc) is 2.46. The van der Waals surface area contributed by atoms with Gasteiger partial charge in [0.05, 0.1) is 11.0 Å². The lowest BCUT2D eigenvalue weighted by atomic mass is 10.1. The Balaban J connectivity index is 1.90. The second kappa shape index (κ2) is 6.47. The van der Waals surface area contributed by atoms with E-state index in [9.17, 15) is 14.9 Å². The van der Waals surface area contributed by atoms with Crippen molar-refractivity contribution in [3.63, 3.8) is 0 Å². The van der Waals surface area contributed by atoms with Crippen LogP contribution < -0.4 is 4.74 Å². The van der Waals surface area contributed by atoms with E-state index in [1.807, 2.05) is 30.3 Å². The Bertz CT molecular complexity index is 610. The van der Waals surface area contributed by atoms with Crippen LogP contribution in [0.25, 0.3) is 0 Å². The standard InChI is InChI=1S/C15H13NO4/c17-14(9-12-5-2-1-3-6-12)11-20-15-8-4-7-13(10-15)16(18)19/h1-8,10H,9,11H2. The summed E-state index contributed by atoms with van der Waals surface area (Å²) in [5.74, 6) is 0.239. The third-order valence-corrected chi connectivity index (χ3v) is 2.67. The van der Waals surface area contributed by atoms with E-state index >= 15 is 0 Å². The number of carbonyl (C=O) groups excluding carboxylic acids is 1. The highest BCUT2D eigenvalue weighted by molar-refractivity contribution is 5.82. The second-order valence-corrected chi connectivity index (χ2v) is 4.24. The number of nitrogens with zero attached hydrogens (tertiary/aromatic N) is 1. The van der Waals surface area contributed by atoms with Crippen molar-refractivity contribution in [1.82, 2.24) is 0 Å². The Labute approximate surface area is 116 Å². The number of benzene rings is 2. The van der Waals surface area contributed by atoms with Crippen molar-refractivity contribution >= 4 is 11.5 Å². The van der Waals surface area contributed by atoms with Crippen molar-refractivity contribution in [1.29, 1.82) is 0 Å². The molecule has 0 saturated carbocycles. The maximum absolute atomic E-state index is 11.7. The molecule has 0 heterocycles. The highest BCUT2D eigenvalue weighted by Crippen LogP contribution is 2.19. The molecule has 0 aliphatic rings. The molecule has 5 heteroatoms. The largest absolute Gasteiger partial charge is 0.486 e. The number of nitro benzene ring substituents is 1. The molecule has 0 atom stereocenters. The predicted octanol–water partition coefficient (Wildman–Crippen LogP) is 2.79. The number of carbonyl (C=O) groups is 1. The minimum Gasteiger partial charge on any atom is -0.486 e. The molecule has 5 nitrogen and oxygen atoms in total. The number of hydrogen-bond acceptors (Lipinski definition) is 4. The minimum absolute atomic E-state index is 0.0574. The zero-order valence-electron chi connectivity index (χ0n) is 10.7. The molecular formula is C15H13NO4. The topological polar surface area (TPSA) is 69.4 Å². The zero-order valence-corrected chi connectivity index (χ0v) is 10.7. The molecule has 0 N–H and O–H groups in total. The molecule has 0 bridgehead atoms. The van der Waals surface area contributed by atoms with Gasteiger partial charge in [0.15, 0.2) is 5.78 Å². The number of hydrogen-bond donors (Lipinski definition) is 0. The molecule has 0 saturated heterocycles. The first-order valence-electron chi connectivity index (χ1n) is 6.08. The van der Waals surface area contributed by atoms with Crippen molar-refractivity contribution in [3.05, 3.63) is 70.3 Å². The molecule has 20 heavy (non-hydrogen) atoms. The third kappa shape index (κ3) is 3.91. The highest BCUT2D eigenvalue weighted by atomic mass is 16.6. The second-order valence-electron chi connectivity index (χ2n) is 4.24. The van der Waals surface area contributed by atoms with E-state index in [-0.39, 0.29) is 24.5 Å². The molecule has 0 aliphatic heterocycles. The average molecular weight is 271 g/mol. The van der Waals surface area contributed by atoms with E-state index in [1.54, 1.807) is 6.07 Å². The van der Waals surface area contributed by atoms with Gasteiger partial charge in [0.25, 0.3) is 5.69 Å². The normalized spacial score (nSPS) is 10.0. The van der Waals surface area contributed by atoms with Crippen LogP contribution in [0, 0.1) is 10.1 Å². The van der Waals surface area contributed by atoms with Gasteiger partial charge in [-0.25, -0.2) is 0 Å². The number of ether oxygens (including phenoxy) is 1. The van der Waals surface area contributed by atoms with E-state index in [1.165, 1.54) is 18.2 Å². The smallest absolute Gasteiger partial charge is 0.273 e. The van der Waals surface area contributed by atoms with Crippen LogP contribution in [0.4, 0.5) is 5.69 Å². The van der Waals surface area contributed by atoms with Crippen molar-refractivity contribution in [2.45, 2.75) is 6.42 Å². The van der Waals surface area contributed by atoms with Crippen LogP contribution in [-0.2, 0) is 11.2 Å². The van der Waals surface area contributed by atoms with Crippen LogP contribution in [0.5, 0.6) is 5.75 Å². The van der Waals surface area contributed by atoms with Crippen LogP contribution in [0.1, 0.15) is 5.56 Å². The molecule has 0 aliphatic carbocycles. The highest BCUT2D eigenvalue weighted by Gasteiger charge is 2.08. The Hall–Kier alpha value is -2.69. The molecule has 102 valence electrons. The molecule has 0 spiro atoms. The number of Topliss-reactive ketones (excluding diaryl/α,β-unsaturated/α-hetero) is 1. The Morgan fingerprint density at radius 2 is 1.85 bits per heavy atom. The fourth-order valence-corrected chi connectivity index (χ4v) is 1.73. The van der Waals surface area contributed by atoms with E-state index < -0.39 is 4.92 Å². The maximum Gasteiger partial charge on any atom is 0.273 e. The summed E-state index contributed by atoms with van der Waals surface area (Å²) in [5.41, 5.74) is 0.859. The summed E-state index contributed by atoms with van der Waals surface area (Å²) >= 11 is 0. The van der Waals surface area contributed by atoms with Gasteiger partial charge in [-0.2, -0.15) is 0 Å². The summed E-state index contributed by atoms with van der Waals surface area (Å²) in [6, 6.07) is 15.1. The fourth-order valence-electron chi connectivity index (χ4n) is 1.73. The van der Waals surface area contributed by atoms with E-state index in [4.69, 9.17) is 4.74 Å². The Morgan fingerprint density at radius 3 is 2.55 bits per heavy atom. The number of rotatable bonds is 6. The predicted molar refractivity (Wildman–Crippen MR) is 73.7 cm³/mol. The summed E-state index contributed by atoms with van der Waals surface area (Å²) < 4.78 is 5.28. The van der Waals surface area contributed by atoms with Crippen LogP contribution in [0.15, 0.2) is 54.6 Å². The van der Waals surface area contributed by atoms with Crippen LogP contribution in [-0.4, -0.2) is 17.3 Å². The van der Waals surface area contributed by atoms with Crippen molar-refractivity contribution in [2.24, 2.45) is 0 Å². The molecule has 0 aromatic heterocycles. The summed E-state index contributed by atoms with van der Waals surface area (Å²) in [4.78, 5) is 21.9. The van der Waals surface area contributed by atoms with E-state index in [2.05, 4.69) is 0 Å². The molecule has 0 amide bonds. The first-order valence-corrected chi connectivity index (χ1v) is 6.08. The van der Waals surface area contributed by atoms with Gasteiger partial charge in [-0.05, 0) is 11.6 Å².